The van der Waals surface area contributed by atoms with Gasteiger partial charge in [0.1, 0.15) is 6.04 Å². The topological polar surface area (TPSA) is 90.5 Å². The maximum absolute atomic E-state index is 12.7. The van der Waals surface area contributed by atoms with Gasteiger partial charge in [0.2, 0.25) is 5.91 Å². The first-order valence-corrected chi connectivity index (χ1v) is 9.12. The summed E-state index contributed by atoms with van der Waals surface area (Å²) in [4.78, 5) is 24.1. The van der Waals surface area contributed by atoms with Gasteiger partial charge in [-0.3, -0.25) is 15.0 Å². The van der Waals surface area contributed by atoms with Crippen molar-refractivity contribution in [3.63, 3.8) is 0 Å². The Balaban J connectivity index is 1.54. The number of hydrazine groups is 1. The van der Waals surface area contributed by atoms with Gasteiger partial charge in [-0.1, -0.05) is 42.5 Å². The number of hydrogen-bond donors (Lipinski definition) is 4. The molecular weight excluding hydrogens is 330 g/mol. The molecule has 1 saturated heterocycles. The molecule has 6 nitrogen and oxygen atoms in total. The van der Waals surface area contributed by atoms with Crippen molar-refractivity contribution >= 4 is 22.6 Å². The van der Waals surface area contributed by atoms with Crippen LogP contribution in [0.15, 0.2) is 42.5 Å². The van der Waals surface area contributed by atoms with Crippen LogP contribution in [0.25, 0.3) is 10.8 Å². The van der Waals surface area contributed by atoms with Crippen LogP contribution in [0.3, 0.4) is 0 Å². The SMILES string of the molecule is O=C(O)C[C@@H](NC(=O)C1CC(C2CC2)NN1)c1cccc2ccccc12. The van der Waals surface area contributed by atoms with Gasteiger partial charge in [0.15, 0.2) is 0 Å². The van der Waals surface area contributed by atoms with E-state index >= 15 is 0 Å². The number of nitrogens with one attached hydrogen (secondary N) is 3. The van der Waals surface area contributed by atoms with Crippen molar-refractivity contribution in [3.8, 4) is 0 Å². The fraction of sp³-hybridized carbons (Fsp3) is 0.400. The molecular formula is C20H23N3O3. The summed E-state index contributed by atoms with van der Waals surface area (Å²) in [5.74, 6) is -0.426. The van der Waals surface area contributed by atoms with Gasteiger partial charge in [-0.2, -0.15) is 0 Å². The number of rotatable bonds is 6. The first-order valence-electron chi connectivity index (χ1n) is 9.12. The molecule has 2 aromatic carbocycles. The van der Waals surface area contributed by atoms with Crippen molar-refractivity contribution in [2.45, 2.75) is 43.8 Å². The minimum absolute atomic E-state index is 0.147. The lowest BCUT2D eigenvalue weighted by Gasteiger charge is -2.21. The van der Waals surface area contributed by atoms with Crippen molar-refractivity contribution < 1.29 is 14.7 Å². The molecule has 1 saturated carbocycles. The van der Waals surface area contributed by atoms with Crippen molar-refractivity contribution in [2.24, 2.45) is 5.92 Å². The summed E-state index contributed by atoms with van der Waals surface area (Å²) in [5, 5.41) is 14.3. The smallest absolute Gasteiger partial charge is 0.305 e. The Morgan fingerprint density at radius 1 is 1.12 bits per heavy atom. The summed E-state index contributed by atoms with van der Waals surface area (Å²) in [5.41, 5.74) is 7.11. The third kappa shape index (κ3) is 3.57. The Bertz CT molecular complexity index is 829. The number of hydrogen-bond acceptors (Lipinski definition) is 4. The molecule has 1 heterocycles. The highest BCUT2D eigenvalue weighted by atomic mass is 16.4. The number of aliphatic carboxylic acids is 1. The molecule has 0 bridgehead atoms. The van der Waals surface area contributed by atoms with Gasteiger partial charge in [0, 0.05) is 6.04 Å². The normalized spacial score (nSPS) is 23.7. The first kappa shape index (κ1) is 17.0. The number of benzene rings is 2. The standard InChI is InChI=1S/C20H23N3O3/c24-19(25)11-17(15-7-3-5-12-4-1-2-6-14(12)15)21-20(26)18-10-16(22-23-18)13-8-9-13/h1-7,13,16-18,22-23H,8-11H2,(H,21,26)(H,24,25)/t16?,17-,18?/m1/s1. The third-order valence-corrected chi connectivity index (χ3v) is 5.33. The molecule has 0 radical (unpaired) electrons. The fourth-order valence-electron chi connectivity index (χ4n) is 3.80. The van der Waals surface area contributed by atoms with E-state index < -0.39 is 12.0 Å². The van der Waals surface area contributed by atoms with Crippen molar-refractivity contribution in [2.75, 3.05) is 0 Å². The molecule has 2 fully saturated rings. The van der Waals surface area contributed by atoms with Gasteiger partial charge in [0.05, 0.1) is 12.5 Å². The zero-order chi connectivity index (χ0) is 18.1. The summed E-state index contributed by atoms with van der Waals surface area (Å²) < 4.78 is 0. The second-order valence-corrected chi connectivity index (χ2v) is 7.25. The molecule has 2 unspecified atom stereocenters. The van der Waals surface area contributed by atoms with Gasteiger partial charge in [-0.25, -0.2) is 5.43 Å². The largest absolute Gasteiger partial charge is 0.481 e. The van der Waals surface area contributed by atoms with Crippen LogP contribution >= 0.6 is 0 Å². The van der Waals surface area contributed by atoms with Gasteiger partial charge >= 0.3 is 5.97 Å². The van der Waals surface area contributed by atoms with Crippen LogP contribution in [0.4, 0.5) is 0 Å². The van der Waals surface area contributed by atoms with Crippen molar-refractivity contribution in [1.82, 2.24) is 16.2 Å². The maximum Gasteiger partial charge on any atom is 0.305 e. The van der Waals surface area contributed by atoms with Crippen molar-refractivity contribution in [1.29, 1.82) is 0 Å². The minimum atomic E-state index is -0.934. The van der Waals surface area contributed by atoms with E-state index in [1.54, 1.807) is 0 Å². The molecule has 1 aliphatic heterocycles. The number of amides is 1. The molecule has 136 valence electrons. The summed E-state index contributed by atoms with van der Waals surface area (Å²) in [6.45, 7) is 0. The number of carboxylic acids is 1. The van der Waals surface area contributed by atoms with E-state index in [1.165, 1.54) is 12.8 Å². The third-order valence-electron chi connectivity index (χ3n) is 5.33. The van der Waals surface area contributed by atoms with Crippen LogP contribution in [-0.4, -0.2) is 29.1 Å². The van der Waals surface area contributed by atoms with E-state index in [1.807, 2.05) is 42.5 Å². The first-order chi connectivity index (χ1) is 12.6. The van der Waals surface area contributed by atoms with Crippen LogP contribution in [0, 0.1) is 5.92 Å². The van der Waals surface area contributed by atoms with E-state index in [0.29, 0.717) is 12.0 Å². The molecule has 0 spiro atoms. The van der Waals surface area contributed by atoms with Crippen LogP contribution in [0.5, 0.6) is 0 Å². The van der Waals surface area contributed by atoms with Gasteiger partial charge in [-0.05, 0) is 41.5 Å². The number of carbonyl (C=O) groups is 2. The molecule has 4 rings (SSSR count). The summed E-state index contributed by atoms with van der Waals surface area (Å²) in [6, 6.07) is 13.0. The molecule has 1 aliphatic carbocycles. The van der Waals surface area contributed by atoms with E-state index in [2.05, 4.69) is 16.2 Å². The zero-order valence-corrected chi connectivity index (χ0v) is 14.4. The maximum atomic E-state index is 12.7. The predicted molar refractivity (Wildman–Crippen MR) is 98.3 cm³/mol. The number of fused-ring (bicyclic) bond motifs is 1. The van der Waals surface area contributed by atoms with Crippen LogP contribution in [0.1, 0.15) is 37.3 Å². The van der Waals surface area contributed by atoms with E-state index in [0.717, 1.165) is 22.8 Å². The molecule has 1 amide bonds. The number of carbonyl (C=O) groups excluding carboxylic acids is 1. The fourth-order valence-corrected chi connectivity index (χ4v) is 3.80. The average molecular weight is 353 g/mol. The molecule has 2 aliphatic rings. The van der Waals surface area contributed by atoms with Gasteiger partial charge in [0.25, 0.3) is 0 Å². The number of carboxylic acid groups (broad SMARTS) is 1. The van der Waals surface area contributed by atoms with Crippen LogP contribution in [0.2, 0.25) is 0 Å². The van der Waals surface area contributed by atoms with E-state index in [4.69, 9.17) is 0 Å². The van der Waals surface area contributed by atoms with Crippen molar-refractivity contribution in [3.05, 3.63) is 48.0 Å². The van der Waals surface area contributed by atoms with Crippen LogP contribution < -0.4 is 16.2 Å². The quantitative estimate of drug-likeness (QED) is 0.639. The highest BCUT2D eigenvalue weighted by molar-refractivity contribution is 5.88. The molecule has 26 heavy (non-hydrogen) atoms. The van der Waals surface area contributed by atoms with E-state index in [-0.39, 0.29) is 18.4 Å². The summed E-state index contributed by atoms with van der Waals surface area (Å²) in [7, 11) is 0. The Kier molecular flexibility index (Phi) is 4.61. The molecule has 0 aromatic heterocycles. The predicted octanol–water partition coefficient (Wildman–Crippen LogP) is 2.12. The Hall–Kier alpha value is -2.44. The summed E-state index contributed by atoms with van der Waals surface area (Å²) in [6.07, 6.45) is 3.02. The van der Waals surface area contributed by atoms with Crippen LogP contribution in [-0.2, 0) is 9.59 Å². The molecule has 3 atom stereocenters. The minimum Gasteiger partial charge on any atom is -0.481 e. The molecule has 2 aromatic rings. The molecule has 6 heteroatoms. The Morgan fingerprint density at radius 3 is 2.65 bits per heavy atom. The second-order valence-electron chi connectivity index (χ2n) is 7.25. The Labute approximate surface area is 151 Å². The lowest BCUT2D eigenvalue weighted by Crippen LogP contribution is -2.45. The Morgan fingerprint density at radius 2 is 1.88 bits per heavy atom. The van der Waals surface area contributed by atoms with Gasteiger partial charge < -0.3 is 10.4 Å². The zero-order valence-electron chi connectivity index (χ0n) is 14.4. The lowest BCUT2D eigenvalue weighted by atomic mass is 9.96. The monoisotopic (exact) mass is 353 g/mol. The van der Waals surface area contributed by atoms with E-state index in [9.17, 15) is 14.7 Å². The second kappa shape index (κ2) is 7.05. The molecule has 4 N–H and O–H groups in total. The average Bonchev–Trinajstić information content (AvgIpc) is 3.37. The van der Waals surface area contributed by atoms with Gasteiger partial charge in [-0.15, -0.1) is 0 Å². The highest BCUT2D eigenvalue weighted by Gasteiger charge is 2.39. The summed E-state index contributed by atoms with van der Waals surface area (Å²) >= 11 is 0. The highest BCUT2D eigenvalue weighted by Crippen LogP contribution is 2.35. The lowest BCUT2D eigenvalue weighted by molar-refractivity contribution is -0.137.